The molecule has 1 saturated heterocycles. The SMILES string of the molecule is CS(=O)(=O)c1ccc(OCC(F)(F)F)c(C(=O)N2CCN(c3ccnc(C(F)(F)F)c3)CC2)c1. The number of hydrogen-bond donors (Lipinski definition) is 0. The molecule has 1 aliphatic heterocycles. The number of amides is 1. The first kappa shape index (κ1) is 25.6. The molecule has 2 heterocycles. The Balaban J connectivity index is 1.80. The summed E-state index contributed by atoms with van der Waals surface area (Å²) in [6.07, 6.45) is -7.39. The Morgan fingerprint density at radius 3 is 2.24 bits per heavy atom. The van der Waals surface area contributed by atoms with Crippen LogP contribution in [-0.4, -0.2) is 69.4 Å². The number of anilines is 1. The van der Waals surface area contributed by atoms with E-state index in [-0.39, 0.29) is 42.3 Å². The number of hydrogen-bond acceptors (Lipinski definition) is 6. The highest BCUT2D eigenvalue weighted by atomic mass is 32.2. The average Bonchev–Trinajstić information content (AvgIpc) is 2.75. The van der Waals surface area contributed by atoms with Crippen molar-refractivity contribution in [2.75, 3.05) is 43.9 Å². The molecule has 1 fully saturated rings. The number of carbonyl (C=O) groups is 1. The van der Waals surface area contributed by atoms with Crippen LogP contribution < -0.4 is 9.64 Å². The second-order valence-corrected chi connectivity index (χ2v) is 9.53. The number of pyridine rings is 1. The summed E-state index contributed by atoms with van der Waals surface area (Å²) >= 11 is 0. The Labute approximate surface area is 190 Å². The quantitative estimate of drug-likeness (QED) is 0.573. The molecule has 2 aromatic rings. The molecule has 0 unspecified atom stereocenters. The van der Waals surface area contributed by atoms with Crippen molar-refractivity contribution in [3.05, 3.63) is 47.8 Å². The number of rotatable bonds is 5. The van der Waals surface area contributed by atoms with Crippen LogP contribution in [0, 0.1) is 0 Å². The minimum absolute atomic E-state index is 0.0321. The topological polar surface area (TPSA) is 79.8 Å². The van der Waals surface area contributed by atoms with E-state index in [9.17, 15) is 39.6 Å². The molecule has 1 amide bonds. The summed E-state index contributed by atoms with van der Waals surface area (Å²) in [6.45, 7) is -1.34. The van der Waals surface area contributed by atoms with E-state index in [4.69, 9.17) is 4.74 Å². The Bertz CT molecular complexity index is 1160. The molecule has 0 atom stereocenters. The van der Waals surface area contributed by atoms with Crippen LogP contribution in [0.15, 0.2) is 41.4 Å². The molecule has 1 aromatic heterocycles. The van der Waals surface area contributed by atoms with Gasteiger partial charge >= 0.3 is 12.4 Å². The van der Waals surface area contributed by atoms with Gasteiger partial charge in [0.2, 0.25) is 0 Å². The number of ether oxygens (including phenoxy) is 1. The van der Waals surface area contributed by atoms with Gasteiger partial charge in [-0.05, 0) is 30.3 Å². The predicted octanol–water partition coefficient (Wildman–Crippen LogP) is 3.41. The first-order valence-electron chi connectivity index (χ1n) is 9.76. The molecule has 0 radical (unpaired) electrons. The first-order valence-corrected chi connectivity index (χ1v) is 11.7. The number of nitrogens with zero attached hydrogens (tertiary/aromatic N) is 3. The van der Waals surface area contributed by atoms with Gasteiger partial charge in [0, 0.05) is 44.3 Å². The van der Waals surface area contributed by atoms with Gasteiger partial charge in [0.05, 0.1) is 10.5 Å². The van der Waals surface area contributed by atoms with E-state index in [0.29, 0.717) is 0 Å². The van der Waals surface area contributed by atoms with E-state index in [1.165, 1.54) is 11.0 Å². The van der Waals surface area contributed by atoms with Crippen LogP contribution >= 0.6 is 0 Å². The maximum Gasteiger partial charge on any atom is 0.433 e. The number of alkyl halides is 6. The van der Waals surface area contributed by atoms with Crippen molar-refractivity contribution in [2.24, 2.45) is 0 Å². The van der Waals surface area contributed by atoms with Gasteiger partial charge in [0.1, 0.15) is 11.4 Å². The van der Waals surface area contributed by atoms with Gasteiger partial charge in [-0.2, -0.15) is 26.3 Å². The minimum atomic E-state index is -4.68. The van der Waals surface area contributed by atoms with Crippen molar-refractivity contribution in [3.63, 3.8) is 0 Å². The molecule has 0 bridgehead atoms. The molecular formula is C20H19F6N3O4S. The van der Waals surface area contributed by atoms with Crippen LogP contribution in [0.2, 0.25) is 0 Å². The minimum Gasteiger partial charge on any atom is -0.483 e. The van der Waals surface area contributed by atoms with E-state index in [2.05, 4.69) is 4.98 Å². The number of piperazine rings is 1. The number of sulfone groups is 1. The maximum atomic E-state index is 13.0. The molecular weight excluding hydrogens is 492 g/mol. The van der Waals surface area contributed by atoms with E-state index in [0.717, 1.165) is 36.7 Å². The van der Waals surface area contributed by atoms with Crippen molar-refractivity contribution in [2.45, 2.75) is 17.2 Å². The van der Waals surface area contributed by atoms with E-state index >= 15 is 0 Å². The average molecular weight is 511 g/mol. The number of halogens is 6. The Morgan fingerprint density at radius 2 is 1.68 bits per heavy atom. The third kappa shape index (κ3) is 6.30. The van der Waals surface area contributed by atoms with E-state index < -0.39 is 46.1 Å². The van der Waals surface area contributed by atoms with Crippen molar-refractivity contribution >= 4 is 21.4 Å². The Kier molecular flexibility index (Phi) is 7.01. The smallest absolute Gasteiger partial charge is 0.433 e. The summed E-state index contributed by atoms with van der Waals surface area (Å²) in [6, 6.07) is 5.26. The maximum absolute atomic E-state index is 13.0. The zero-order valence-electron chi connectivity index (χ0n) is 17.7. The molecule has 1 aliphatic rings. The van der Waals surface area contributed by atoms with Crippen LogP contribution in [0.25, 0.3) is 0 Å². The highest BCUT2D eigenvalue weighted by molar-refractivity contribution is 7.90. The highest BCUT2D eigenvalue weighted by Gasteiger charge is 2.34. The van der Waals surface area contributed by atoms with Crippen LogP contribution in [0.5, 0.6) is 5.75 Å². The highest BCUT2D eigenvalue weighted by Crippen LogP contribution is 2.31. The fourth-order valence-electron chi connectivity index (χ4n) is 3.30. The molecule has 3 rings (SSSR count). The third-order valence-corrected chi connectivity index (χ3v) is 6.08. The van der Waals surface area contributed by atoms with Crippen LogP contribution in [0.1, 0.15) is 16.1 Å². The summed E-state index contributed by atoms with van der Waals surface area (Å²) in [4.78, 5) is 18.9. The molecule has 0 aliphatic carbocycles. The fraction of sp³-hybridized carbons (Fsp3) is 0.400. The van der Waals surface area contributed by atoms with Crippen molar-refractivity contribution in [1.29, 1.82) is 0 Å². The molecule has 34 heavy (non-hydrogen) atoms. The molecule has 0 saturated carbocycles. The standard InChI is InChI=1S/C20H19F6N3O4S/c1-34(31,32)14-2-3-16(33-12-19(21,22)23)15(11-14)18(30)29-8-6-28(7-9-29)13-4-5-27-17(10-13)20(24,25)26/h2-5,10-11H,6-9,12H2,1H3. The van der Waals surface area contributed by atoms with Gasteiger partial charge in [0.25, 0.3) is 5.91 Å². The second kappa shape index (κ2) is 9.31. The lowest BCUT2D eigenvalue weighted by molar-refractivity contribution is -0.153. The van der Waals surface area contributed by atoms with E-state index in [1.807, 2.05) is 0 Å². The van der Waals surface area contributed by atoms with Crippen LogP contribution in [0.4, 0.5) is 32.0 Å². The third-order valence-electron chi connectivity index (χ3n) is 4.97. The molecule has 0 spiro atoms. The summed E-state index contributed by atoms with van der Waals surface area (Å²) in [5, 5.41) is 0. The Hall–Kier alpha value is -3.03. The molecule has 0 N–H and O–H groups in total. The van der Waals surface area contributed by atoms with Gasteiger partial charge in [-0.15, -0.1) is 0 Å². The van der Waals surface area contributed by atoms with Crippen molar-refractivity contribution in [1.82, 2.24) is 9.88 Å². The lowest BCUT2D eigenvalue weighted by atomic mass is 10.1. The lowest BCUT2D eigenvalue weighted by Crippen LogP contribution is -2.49. The summed E-state index contributed by atoms with van der Waals surface area (Å²) < 4.78 is 105. The number of carbonyl (C=O) groups excluding carboxylic acids is 1. The first-order chi connectivity index (χ1) is 15.6. The summed E-state index contributed by atoms with van der Waals surface area (Å²) in [5.41, 5.74) is -1.17. The van der Waals surface area contributed by atoms with Crippen molar-refractivity contribution in [3.8, 4) is 5.75 Å². The zero-order valence-corrected chi connectivity index (χ0v) is 18.5. The van der Waals surface area contributed by atoms with Gasteiger partial charge < -0.3 is 14.5 Å². The zero-order chi connectivity index (χ0) is 25.3. The van der Waals surface area contributed by atoms with Gasteiger partial charge in [0.15, 0.2) is 16.4 Å². The predicted molar refractivity (Wildman–Crippen MR) is 108 cm³/mol. The molecule has 186 valence electrons. The monoisotopic (exact) mass is 511 g/mol. The Morgan fingerprint density at radius 1 is 1.03 bits per heavy atom. The van der Waals surface area contributed by atoms with Crippen LogP contribution in [-0.2, 0) is 16.0 Å². The number of aromatic nitrogens is 1. The van der Waals surface area contributed by atoms with Gasteiger partial charge in [-0.1, -0.05) is 0 Å². The van der Waals surface area contributed by atoms with Crippen molar-refractivity contribution < 1.29 is 44.3 Å². The largest absolute Gasteiger partial charge is 0.483 e. The van der Waals surface area contributed by atoms with E-state index in [1.54, 1.807) is 4.90 Å². The second-order valence-electron chi connectivity index (χ2n) is 7.51. The molecule has 7 nitrogen and oxygen atoms in total. The summed E-state index contributed by atoms with van der Waals surface area (Å²) in [5.74, 6) is -1.19. The lowest BCUT2D eigenvalue weighted by Gasteiger charge is -2.36. The molecule has 1 aromatic carbocycles. The van der Waals surface area contributed by atoms with Gasteiger partial charge in [-0.25, -0.2) is 8.42 Å². The van der Waals surface area contributed by atoms with Crippen LogP contribution in [0.3, 0.4) is 0 Å². The molecule has 14 heteroatoms. The summed E-state index contributed by atoms with van der Waals surface area (Å²) in [7, 11) is -3.77. The normalized spacial score (nSPS) is 15.4. The number of benzene rings is 1. The van der Waals surface area contributed by atoms with Gasteiger partial charge in [-0.3, -0.25) is 9.78 Å². The fourth-order valence-corrected chi connectivity index (χ4v) is 3.95.